The predicted molar refractivity (Wildman–Crippen MR) is 70.3 cm³/mol. The molecule has 15 heavy (non-hydrogen) atoms. The van der Waals surface area contributed by atoms with Crippen LogP contribution < -0.4 is 0 Å². The van der Waals surface area contributed by atoms with Crippen LogP contribution in [0.15, 0.2) is 0 Å². The summed E-state index contributed by atoms with van der Waals surface area (Å²) in [4.78, 5) is 0. The molecule has 0 radical (unpaired) electrons. The molecule has 0 atom stereocenters. The fourth-order valence-corrected chi connectivity index (χ4v) is 8.36. The molecule has 88 valence electrons. The van der Waals surface area contributed by atoms with Crippen LogP contribution in [0.25, 0.3) is 0 Å². The molecule has 0 aliphatic heterocycles. The summed E-state index contributed by atoms with van der Waals surface area (Å²) in [6.07, 6.45) is 12.7. The molecule has 2 fully saturated rings. The molecule has 0 unspecified atom stereocenters. The average molecular weight is 293 g/mol. The van der Waals surface area contributed by atoms with E-state index in [1.807, 2.05) is 0 Å². The van der Waals surface area contributed by atoms with Gasteiger partial charge in [-0.1, -0.05) is 38.5 Å². The number of hydrogen-bond acceptors (Lipinski definition) is 1. The standard InChI is InChI=1S/C12H22BrOP/c13-15(14,11-7-3-1-4-8-11)12-9-5-2-6-10-12/h11-12H,1-10H2. The highest BCUT2D eigenvalue weighted by atomic mass is 79.9. The Labute approximate surface area is 102 Å². The van der Waals surface area contributed by atoms with E-state index < -0.39 is 5.84 Å². The third-order valence-electron chi connectivity index (χ3n) is 4.15. The highest BCUT2D eigenvalue weighted by Crippen LogP contribution is 2.68. The van der Waals surface area contributed by atoms with Gasteiger partial charge in [0, 0.05) is 11.3 Å². The SMILES string of the molecule is O=P(Br)(C1CCCCC1)C1CCCCC1. The number of hydrogen-bond donors (Lipinski definition) is 0. The van der Waals surface area contributed by atoms with Gasteiger partial charge in [-0.05, 0) is 41.2 Å². The van der Waals surface area contributed by atoms with Gasteiger partial charge < -0.3 is 4.57 Å². The lowest BCUT2D eigenvalue weighted by atomic mass is 10.00. The van der Waals surface area contributed by atoms with E-state index in [1.54, 1.807) is 0 Å². The van der Waals surface area contributed by atoms with Gasteiger partial charge in [0.15, 0.2) is 5.84 Å². The molecule has 1 nitrogen and oxygen atoms in total. The van der Waals surface area contributed by atoms with Crippen molar-refractivity contribution in [2.75, 3.05) is 0 Å². The van der Waals surface area contributed by atoms with E-state index in [1.165, 1.54) is 64.2 Å². The summed E-state index contributed by atoms with van der Waals surface area (Å²) in [6.45, 7) is 0. The van der Waals surface area contributed by atoms with E-state index in [0.29, 0.717) is 11.3 Å². The van der Waals surface area contributed by atoms with Gasteiger partial charge in [-0.2, -0.15) is 0 Å². The Morgan fingerprint density at radius 1 is 0.733 bits per heavy atom. The molecule has 0 aromatic heterocycles. The first-order valence-electron chi connectivity index (χ1n) is 6.50. The van der Waals surface area contributed by atoms with Gasteiger partial charge in [-0.25, -0.2) is 0 Å². The predicted octanol–water partition coefficient (Wildman–Crippen LogP) is 5.32. The van der Waals surface area contributed by atoms with Crippen LogP contribution in [0.4, 0.5) is 0 Å². The maximum absolute atomic E-state index is 12.8. The Hall–Kier alpha value is 0.710. The Bertz CT molecular complexity index is 220. The summed E-state index contributed by atoms with van der Waals surface area (Å²) in [5, 5.41) is 0. The van der Waals surface area contributed by atoms with Gasteiger partial charge in [0.1, 0.15) is 0 Å². The largest absolute Gasteiger partial charge is 0.311 e. The van der Waals surface area contributed by atoms with Crippen LogP contribution >= 0.6 is 21.3 Å². The van der Waals surface area contributed by atoms with E-state index in [-0.39, 0.29) is 0 Å². The van der Waals surface area contributed by atoms with Crippen molar-refractivity contribution in [3.63, 3.8) is 0 Å². The van der Waals surface area contributed by atoms with Crippen molar-refractivity contribution in [2.24, 2.45) is 0 Å². The smallest absolute Gasteiger partial charge is 0.153 e. The van der Waals surface area contributed by atoms with E-state index in [0.717, 1.165) is 0 Å². The molecule has 0 saturated heterocycles. The van der Waals surface area contributed by atoms with Crippen LogP contribution in [0, 0.1) is 0 Å². The van der Waals surface area contributed by atoms with E-state index in [4.69, 9.17) is 0 Å². The Morgan fingerprint density at radius 2 is 1.07 bits per heavy atom. The molecule has 0 N–H and O–H groups in total. The lowest BCUT2D eigenvalue weighted by Crippen LogP contribution is -2.20. The monoisotopic (exact) mass is 292 g/mol. The second-order valence-electron chi connectivity index (χ2n) is 5.21. The summed E-state index contributed by atoms with van der Waals surface area (Å²) >= 11 is 3.66. The molecule has 0 spiro atoms. The first kappa shape index (κ1) is 12.2. The minimum absolute atomic E-state index is 0.509. The summed E-state index contributed by atoms with van der Waals surface area (Å²) in [5.74, 6) is -2.03. The Kier molecular flexibility index (Phi) is 4.35. The first-order chi connectivity index (χ1) is 7.21. The highest BCUT2D eigenvalue weighted by Gasteiger charge is 2.38. The zero-order chi connectivity index (χ0) is 10.7. The fraction of sp³-hybridized carbons (Fsp3) is 1.00. The quantitative estimate of drug-likeness (QED) is 0.629. The van der Waals surface area contributed by atoms with Crippen molar-refractivity contribution in [2.45, 2.75) is 75.5 Å². The fourth-order valence-electron chi connectivity index (χ4n) is 3.16. The van der Waals surface area contributed by atoms with Gasteiger partial charge in [0.05, 0.1) is 0 Å². The molecule has 0 bridgehead atoms. The summed E-state index contributed by atoms with van der Waals surface area (Å²) in [7, 11) is 0. The molecule has 0 aromatic carbocycles. The molecule has 0 amide bonds. The van der Waals surface area contributed by atoms with Crippen LogP contribution in [-0.4, -0.2) is 11.3 Å². The molecule has 2 rings (SSSR count). The van der Waals surface area contributed by atoms with Gasteiger partial charge in [0.25, 0.3) is 0 Å². The van der Waals surface area contributed by atoms with Crippen molar-refractivity contribution in [3.8, 4) is 0 Å². The van der Waals surface area contributed by atoms with E-state index >= 15 is 0 Å². The van der Waals surface area contributed by atoms with Crippen molar-refractivity contribution in [1.29, 1.82) is 0 Å². The summed E-state index contributed by atoms with van der Waals surface area (Å²) < 4.78 is 12.8. The van der Waals surface area contributed by atoms with Crippen LogP contribution in [-0.2, 0) is 4.57 Å². The summed E-state index contributed by atoms with van der Waals surface area (Å²) in [5.41, 5.74) is 1.02. The molecule has 2 saturated carbocycles. The van der Waals surface area contributed by atoms with Crippen molar-refractivity contribution < 1.29 is 4.57 Å². The van der Waals surface area contributed by atoms with Crippen LogP contribution in [0.5, 0.6) is 0 Å². The summed E-state index contributed by atoms with van der Waals surface area (Å²) in [6, 6.07) is 0. The number of halogens is 1. The lowest BCUT2D eigenvalue weighted by Gasteiger charge is -2.34. The zero-order valence-electron chi connectivity index (χ0n) is 9.46. The minimum Gasteiger partial charge on any atom is -0.311 e. The minimum atomic E-state index is -2.03. The molecule has 0 heterocycles. The van der Waals surface area contributed by atoms with Gasteiger partial charge in [-0.15, -0.1) is 0 Å². The maximum Gasteiger partial charge on any atom is 0.153 e. The number of rotatable bonds is 2. The highest BCUT2D eigenvalue weighted by molar-refractivity contribution is 9.40. The molecule has 2 aliphatic rings. The van der Waals surface area contributed by atoms with Crippen LogP contribution in [0.1, 0.15) is 64.2 Å². The molecule has 0 aromatic rings. The van der Waals surface area contributed by atoms with E-state index in [9.17, 15) is 4.57 Å². The molecule has 2 aliphatic carbocycles. The second kappa shape index (κ2) is 5.36. The van der Waals surface area contributed by atoms with Gasteiger partial charge in [-0.3, -0.25) is 0 Å². The molecular weight excluding hydrogens is 271 g/mol. The first-order valence-corrected chi connectivity index (χ1v) is 10.4. The Morgan fingerprint density at radius 3 is 1.40 bits per heavy atom. The van der Waals surface area contributed by atoms with Crippen LogP contribution in [0.3, 0.4) is 0 Å². The van der Waals surface area contributed by atoms with E-state index in [2.05, 4.69) is 15.5 Å². The maximum atomic E-state index is 12.8. The normalized spacial score (nSPS) is 26.7. The topological polar surface area (TPSA) is 17.1 Å². The van der Waals surface area contributed by atoms with Crippen LogP contribution in [0.2, 0.25) is 0 Å². The van der Waals surface area contributed by atoms with Gasteiger partial charge in [0.2, 0.25) is 0 Å². The average Bonchev–Trinajstić information content (AvgIpc) is 2.31. The van der Waals surface area contributed by atoms with Gasteiger partial charge >= 0.3 is 0 Å². The third kappa shape index (κ3) is 2.88. The second-order valence-corrected chi connectivity index (χ2v) is 11.2. The molecule has 3 heteroatoms. The lowest BCUT2D eigenvalue weighted by molar-refractivity contribution is 0.457. The Balaban J connectivity index is 1.99. The zero-order valence-corrected chi connectivity index (χ0v) is 11.9. The van der Waals surface area contributed by atoms with Crippen molar-refractivity contribution in [1.82, 2.24) is 0 Å². The van der Waals surface area contributed by atoms with Crippen molar-refractivity contribution in [3.05, 3.63) is 0 Å². The third-order valence-corrected chi connectivity index (χ3v) is 10.6. The van der Waals surface area contributed by atoms with Crippen molar-refractivity contribution >= 4 is 21.3 Å². The molecular formula is C12H22BrOP.